The quantitative estimate of drug-likeness (QED) is 0.745. The Hall–Kier alpha value is -3.14. The SMILES string of the molecule is O=C(Cc1cccc2ccccc12)Nc1cccc(CN2CCCC2=O)c1. The third-order valence-corrected chi connectivity index (χ3v) is 4.99. The van der Waals surface area contributed by atoms with E-state index in [9.17, 15) is 9.59 Å². The molecule has 4 nitrogen and oxygen atoms in total. The predicted molar refractivity (Wildman–Crippen MR) is 107 cm³/mol. The lowest BCUT2D eigenvalue weighted by Crippen LogP contribution is -2.23. The van der Waals surface area contributed by atoms with E-state index in [2.05, 4.69) is 17.4 Å². The van der Waals surface area contributed by atoms with Gasteiger partial charge in [0.05, 0.1) is 6.42 Å². The number of hydrogen-bond donors (Lipinski definition) is 1. The molecule has 0 saturated carbocycles. The summed E-state index contributed by atoms with van der Waals surface area (Å²) < 4.78 is 0. The molecule has 1 aliphatic heterocycles. The van der Waals surface area contributed by atoms with Crippen molar-refractivity contribution >= 4 is 28.3 Å². The summed E-state index contributed by atoms with van der Waals surface area (Å²) in [4.78, 5) is 26.2. The number of hydrogen-bond acceptors (Lipinski definition) is 2. The summed E-state index contributed by atoms with van der Waals surface area (Å²) in [6, 6.07) is 21.9. The van der Waals surface area contributed by atoms with E-state index in [1.807, 2.05) is 59.5 Å². The van der Waals surface area contributed by atoms with Gasteiger partial charge in [0, 0.05) is 25.2 Å². The molecule has 1 aliphatic rings. The maximum absolute atomic E-state index is 12.6. The number of rotatable bonds is 5. The fourth-order valence-corrected chi connectivity index (χ4v) is 3.66. The van der Waals surface area contributed by atoms with Crippen molar-refractivity contribution in [2.45, 2.75) is 25.8 Å². The van der Waals surface area contributed by atoms with Crippen LogP contribution in [0.2, 0.25) is 0 Å². The van der Waals surface area contributed by atoms with Crippen LogP contribution in [-0.2, 0) is 22.6 Å². The number of amides is 2. The largest absolute Gasteiger partial charge is 0.338 e. The second-order valence-corrected chi connectivity index (χ2v) is 6.98. The molecule has 4 rings (SSSR count). The summed E-state index contributed by atoms with van der Waals surface area (Å²) in [6.07, 6.45) is 1.90. The van der Waals surface area contributed by atoms with Crippen LogP contribution in [0.1, 0.15) is 24.0 Å². The van der Waals surface area contributed by atoms with Gasteiger partial charge in [-0.05, 0) is 40.5 Å². The lowest BCUT2D eigenvalue weighted by molar-refractivity contribution is -0.128. The molecular weight excluding hydrogens is 336 g/mol. The van der Waals surface area contributed by atoms with Crippen LogP contribution in [0.15, 0.2) is 66.7 Å². The zero-order chi connectivity index (χ0) is 18.6. The van der Waals surface area contributed by atoms with E-state index >= 15 is 0 Å². The highest BCUT2D eigenvalue weighted by molar-refractivity contribution is 5.96. The topological polar surface area (TPSA) is 49.4 Å². The van der Waals surface area contributed by atoms with E-state index in [-0.39, 0.29) is 11.8 Å². The van der Waals surface area contributed by atoms with E-state index in [1.54, 1.807) is 0 Å². The van der Waals surface area contributed by atoms with Crippen LogP contribution in [-0.4, -0.2) is 23.3 Å². The van der Waals surface area contributed by atoms with Crippen LogP contribution in [0.3, 0.4) is 0 Å². The number of nitrogens with one attached hydrogen (secondary N) is 1. The maximum atomic E-state index is 12.6. The molecule has 0 aliphatic carbocycles. The van der Waals surface area contributed by atoms with Crippen molar-refractivity contribution in [3.05, 3.63) is 77.9 Å². The molecule has 1 N–H and O–H groups in total. The molecule has 0 radical (unpaired) electrons. The number of fused-ring (bicyclic) bond motifs is 1. The lowest BCUT2D eigenvalue weighted by atomic mass is 10.0. The molecule has 0 unspecified atom stereocenters. The number of nitrogens with zero attached hydrogens (tertiary/aromatic N) is 1. The van der Waals surface area contributed by atoms with Crippen LogP contribution in [0.4, 0.5) is 5.69 Å². The fraction of sp³-hybridized carbons (Fsp3) is 0.217. The van der Waals surface area contributed by atoms with Crippen molar-refractivity contribution in [2.24, 2.45) is 0 Å². The average molecular weight is 358 g/mol. The van der Waals surface area contributed by atoms with Gasteiger partial charge >= 0.3 is 0 Å². The van der Waals surface area contributed by atoms with Gasteiger partial charge in [0.25, 0.3) is 0 Å². The molecule has 1 saturated heterocycles. The second kappa shape index (κ2) is 7.62. The van der Waals surface area contributed by atoms with Gasteiger partial charge in [-0.25, -0.2) is 0 Å². The van der Waals surface area contributed by atoms with Crippen molar-refractivity contribution < 1.29 is 9.59 Å². The minimum Gasteiger partial charge on any atom is -0.338 e. The van der Waals surface area contributed by atoms with Gasteiger partial charge in [0.15, 0.2) is 0 Å². The standard InChI is InChI=1S/C23H22N2O2/c26-22(15-19-9-4-8-18-7-1-2-11-21(18)19)24-20-10-3-6-17(14-20)16-25-13-5-12-23(25)27/h1-4,6-11,14H,5,12-13,15-16H2,(H,24,26). The van der Waals surface area contributed by atoms with Gasteiger partial charge in [-0.2, -0.15) is 0 Å². The Labute approximate surface area is 158 Å². The molecule has 3 aromatic rings. The summed E-state index contributed by atoms with van der Waals surface area (Å²) in [5.41, 5.74) is 2.82. The van der Waals surface area contributed by atoms with Crippen molar-refractivity contribution in [1.82, 2.24) is 4.90 Å². The van der Waals surface area contributed by atoms with Crippen molar-refractivity contribution in [3.63, 3.8) is 0 Å². The summed E-state index contributed by atoms with van der Waals surface area (Å²) >= 11 is 0. The third kappa shape index (κ3) is 4.00. The fourth-order valence-electron chi connectivity index (χ4n) is 3.66. The minimum atomic E-state index is -0.0410. The number of likely N-dealkylation sites (tertiary alicyclic amines) is 1. The van der Waals surface area contributed by atoms with E-state index in [0.29, 0.717) is 19.4 Å². The average Bonchev–Trinajstić information content (AvgIpc) is 3.07. The molecule has 2 amide bonds. The normalized spacial score (nSPS) is 13.9. The Balaban J connectivity index is 1.45. The number of carbonyl (C=O) groups excluding carboxylic acids is 2. The predicted octanol–water partition coefficient (Wildman–Crippen LogP) is 4.14. The first-order chi connectivity index (χ1) is 13.2. The maximum Gasteiger partial charge on any atom is 0.228 e. The Bertz CT molecular complexity index is 991. The lowest BCUT2D eigenvalue weighted by Gasteiger charge is -2.16. The molecule has 3 aromatic carbocycles. The van der Waals surface area contributed by atoms with Gasteiger partial charge in [-0.1, -0.05) is 54.6 Å². The van der Waals surface area contributed by atoms with Gasteiger partial charge in [0.2, 0.25) is 11.8 Å². The minimum absolute atomic E-state index is 0.0410. The van der Waals surface area contributed by atoms with Gasteiger partial charge in [-0.3, -0.25) is 9.59 Å². The molecular formula is C23H22N2O2. The Morgan fingerprint density at radius 1 is 1.00 bits per heavy atom. The van der Waals surface area contributed by atoms with Crippen LogP contribution < -0.4 is 5.32 Å². The molecule has 0 spiro atoms. The van der Waals surface area contributed by atoms with Crippen molar-refractivity contribution in [1.29, 1.82) is 0 Å². The summed E-state index contributed by atoms with van der Waals surface area (Å²) in [5, 5.41) is 5.24. The van der Waals surface area contributed by atoms with Crippen LogP contribution in [0.25, 0.3) is 10.8 Å². The molecule has 1 fully saturated rings. The van der Waals surface area contributed by atoms with Crippen LogP contribution in [0.5, 0.6) is 0 Å². The highest BCUT2D eigenvalue weighted by atomic mass is 16.2. The molecule has 0 atom stereocenters. The summed E-state index contributed by atoms with van der Waals surface area (Å²) in [5.74, 6) is 0.168. The van der Waals surface area contributed by atoms with Gasteiger partial charge < -0.3 is 10.2 Å². The first kappa shape index (κ1) is 17.3. The smallest absolute Gasteiger partial charge is 0.228 e. The first-order valence-corrected chi connectivity index (χ1v) is 9.32. The molecule has 0 bridgehead atoms. The molecule has 4 heteroatoms. The van der Waals surface area contributed by atoms with Crippen molar-refractivity contribution in [3.8, 4) is 0 Å². The van der Waals surface area contributed by atoms with Crippen molar-refractivity contribution in [2.75, 3.05) is 11.9 Å². The summed E-state index contributed by atoms with van der Waals surface area (Å²) in [6.45, 7) is 1.42. The Morgan fingerprint density at radius 3 is 2.67 bits per heavy atom. The molecule has 1 heterocycles. The van der Waals surface area contributed by atoms with E-state index in [0.717, 1.165) is 40.6 Å². The Kier molecular flexibility index (Phi) is 4.88. The van der Waals surface area contributed by atoms with Gasteiger partial charge in [-0.15, -0.1) is 0 Å². The Morgan fingerprint density at radius 2 is 1.81 bits per heavy atom. The van der Waals surface area contributed by atoms with Crippen LogP contribution >= 0.6 is 0 Å². The van der Waals surface area contributed by atoms with Gasteiger partial charge in [0.1, 0.15) is 0 Å². The van der Waals surface area contributed by atoms with Crippen LogP contribution in [0, 0.1) is 0 Å². The van der Waals surface area contributed by atoms with E-state index in [1.165, 1.54) is 0 Å². The zero-order valence-electron chi connectivity index (χ0n) is 15.2. The zero-order valence-corrected chi connectivity index (χ0v) is 15.2. The molecule has 27 heavy (non-hydrogen) atoms. The number of carbonyl (C=O) groups is 2. The monoisotopic (exact) mass is 358 g/mol. The first-order valence-electron chi connectivity index (χ1n) is 9.32. The number of benzene rings is 3. The van der Waals surface area contributed by atoms with E-state index in [4.69, 9.17) is 0 Å². The highest BCUT2D eigenvalue weighted by Gasteiger charge is 2.20. The van der Waals surface area contributed by atoms with E-state index < -0.39 is 0 Å². The highest BCUT2D eigenvalue weighted by Crippen LogP contribution is 2.20. The molecule has 136 valence electrons. The summed E-state index contributed by atoms with van der Waals surface area (Å²) in [7, 11) is 0. The number of anilines is 1. The molecule has 0 aromatic heterocycles. The third-order valence-electron chi connectivity index (χ3n) is 4.99. The second-order valence-electron chi connectivity index (χ2n) is 6.98.